The molecule has 0 aliphatic heterocycles. The fraction of sp³-hybridized carbons (Fsp3) is 0.350. The molecule has 0 spiro atoms. The third kappa shape index (κ3) is 5.18. The highest BCUT2D eigenvalue weighted by Gasteiger charge is 2.15. The molecule has 4 heteroatoms. The van der Waals surface area contributed by atoms with E-state index in [2.05, 4.69) is 66.9 Å². The van der Waals surface area contributed by atoms with Gasteiger partial charge in [-0.15, -0.1) is 0 Å². The maximum atomic E-state index is 11.2. The molecule has 0 aliphatic rings. The molecule has 0 saturated heterocycles. The molecule has 2 atom stereocenters. The highest BCUT2D eigenvalue weighted by Crippen LogP contribution is 2.21. The van der Waals surface area contributed by atoms with Crippen LogP contribution in [0.15, 0.2) is 54.6 Å². The van der Waals surface area contributed by atoms with Crippen LogP contribution in [0.2, 0.25) is 0 Å². The number of carbonyl (C=O) groups is 1. The molecule has 0 fully saturated rings. The molecule has 1 amide bonds. The fourth-order valence-electron chi connectivity index (χ4n) is 2.77. The molecule has 0 aromatic heterocycles. The van der Waals surface area contributed by atoms with Gasteiger partial charge in [0.2, 0.25) is 5.91 Å². The molecule has 2 aromatic rings. The van der Waals surface area contributed by atoms with Crippen LogP contribution in [0, 0.1) is 0 Å². The van der Waals surface area contributed by atoms with E-state index in [-0.39, 0.29) is 11.9 Å². The third-order valence-corrected chi connectivity index (χ3v) is 4.13. The molecule has 0 saturated carbocycles. The first-order chi connectivity index (χ1) is 11.5. The van der Waals surface area contributed by atoms with Gasteiger partial charge >= 0.3 is 0 Å². The van der Waals surface area contributed by atoms with Gasteiger partial charge < -0.3 is 15.5 Å². The van der Waals surface area contributed by atoms with Gasteiger partial charge in [0, 0.05) is 31.2 Å². The quantitative estimate of drug-likeness (QED) is 0.817. The van der Waals surface area contributed by atoms with E-state index in [1.807, 2.05) is 24.3 Å². The summed E-state index contributed by atoms with van der Waals surface area (Å²) in [7, 11) is 4.20. The Bertz CT molecular complexity index is 655. The van der Waals surface area contributed by atoms with E-state index in [1.165, 1.54) is 12.5 Å². The van der Waals surface area contributed by atoms with Gasteiger partial charge in [0.15, 0.2) is 0 Å². The molecule has 4 nitrogen and oxygen atoms in total. The number of nitrogens with zero attached hydrogens (tertiary/aromatic N) is 1. The monoisotopic (exact) mass is 325 g/mol. The Morgan fingerprint density at radius 2 is 1.71 bits per heavy atom. The third-order valence-electron chi connectivity index (χ3n) is 4.13. The first-order valence-electron chi connectivity index (χ1n) is 8.29. The van der Waals surface area contributed by atoms with Gasteiger partial charge in [0.1, 0.15) is 0 Å². The van der Waals surface area contributed by atoms with E-state index in [1.54, 1.807) is 0 Å². The van der Waals surface area contributed by atoms with E-state index < -0.39 is 0 Å². The van der Waals surface area contributed by atoms with Gasteiger partial charge in [0.05, 0.1) is 0 Å². The summed E-state index contributed by atoms with van der Waals surface area (Å²) in [5.74, 6) is -0.0514. The van der Waals surface area contributed by atoms with Gasteiger partial charge in [-0.1, -0.05) is 42.5 Å². The summed E-state index contributed by atoms with van der Waals surface area (Å²) in [4.78, 5) is 13.4. The predicted molar refractivity (Wildman–Crippen MR) is 100 cm³/mol. The lowest BCUT2D eigenvalue weighted by Gasteiger charge is -2.27. The highest BCUT2D eigenvalue weighted by atomic mass is 16.1. The number of likely N-dealkylation sites (N-methyl/N-ethyl adjacent to an activating group) is 1. The van der Waals surface area contributed by atoms with Gasteiger partial charge in [-0.3, -0.25) is 4.79 Å². The standard InChI is InChI=1S/C20H27N3O/c1-15(18-11-8-12-19(13-18)22-16(2)24)21-14-20(23(3)4)17-9-6-5-7-10-17/h5-13,15,20-21H,14H2,1-4H3,(H,22,24). The Labute approximate surface area is 144 Å². The Morgan fingerprint density at radius 1 is 1.04 bits per heavy atom. The molecule has 0 heterocycles. The molecular weight excluding hydrogens is 298 g/mol. The van der Waals surface area contributed by atoms with Crippen molar-refractivity contribution in [3.05, 3.63) is 65.7 Å². The van der Waals surface area contributed by atoms with Crippen LogP contribution in [0.4, 0.5) is 5.69 Å². The van der Waals surface area contributed by atoms with E-state index in [9.17, 15) is 4.79 Å². The van der Waals surface area contributed by atoms with Crippen LogP contribution in [0.3, 0.4) is 0 Å². The summed E-state index contributed by atoms with van der Waals surface area (Å²) >= 11 is 0. The van der Waals surface area contributed by atoms with E-state index in [0.717, 1.165) is 17.8 Å². The molecule has 2 aromatic carbocycles. The van der Waals surface area contributed by atoms with Gasteiger partial charge in [-0.05, 0) is 44.3 Å². The minimum atomic E-state index is -0.0514. The second kappa shape index (κ2) is 8.62. The van der Waals surface area contributed by atoms with Gasteiger partial charge in [0.25, 0.3) is 0 Å². The first-order valence-corrected chi connectivity index (χ1v) is 8.29. The zero-order valence-electron chi connectivity index (χ0n) is 14.9. The van der Waals surface area contributed by atoms with E-state index in [0.29, 0.717) is 6.04 Å². The summed E-state index contributed by atoms with van der Waals surface area (Å²) in [6.07, 6.45) is 0. The Balaban J connectivity index is 2.03. The summed E-state index contributed by atoms with van der Waals surface area (Å²) < 4.78 is 0. The van der Waals surface area contributed by atoms with Gasteiger partial charge in [-0.25, -0.2) is 0 Å². The number of nitrogens with one attached hydrogen (secondary N) is 2. The normalized spacial score (nSPS) is 13.5. The second-order valence-corrected chi connectivity index (χ2v) is 6.33. The van der Waals surface area contributed by atoms with Crippen molar-refractivity contribution in [1.29, 1.82) is 0 Å². The summed E-state index contributed by atoms with van der Waals surface area (Å²) in [5.41, 5.74) is 3.29. The maximum Gasteiger partial charge on any atom is 0.221 e. The Hall–Kier alpha value is -2.17. The van der Waals surface area contributed by atoms with Gasteiger partial charge in [-0.2, -0.15) is 0 Å². The molecule has 0 aliphatic carbocycles. The largest absolute Gasteiger partial charge is 0.326 e. The number of hydrogen-bond donors (Lipinski definition) is 2. The lowest BCUT2D eigenvalue weighted by atomic mass is 10.0. The number of anilines is 1. The number of carbonyl (C=O) groups excluding carboxylic acids is 1. The average Bonchev–Trinajstić information content (AvgIpc) is 2.55. The van der Waals surface area contributed by atoms with Crippen LogP contribution < -0.4 is 10.6 Å². The van der Waals surface area contributed by atoms with Crippen molar-refractivity contribution in [2.24, 2.45) is 0 Å². The van der Waals surface area contributed by atoms with Crippen molar-refractivity contribution in [2.45, 2.75) is 25.9 Å². The topological polar surface area (TPSA) is 44.4 Å². The predicted octanol–water partition coefficient (Wildman–Crippen LogP) is 3.60. The number of hydrogen-bond acceptors (Lipinski definition) is 3. The Kier molecular flexibility index (Phi) is 6.53. The van der Waals surface area contributed by atoms with Crippen LogP contribution in [0.1, 0.15) is 37.1 Å². The van der Waals surface area contributed by atoms with E-state index >= 15 is 0 Å². The van der Waals surface area contributed by atoms with Crippen LogP contribution in [-0.4, -0.2) is 31.4 Å². The molecular formula is C20H27N3O. The Morgan fingerprint density at radius 3 is 2.33 bits per heavy atom. The average molecular weight is 325 g/mol. The zero-order chi connectivity index (χ0) is 17.5. The van der Waals surface area contributed by atoms with Crippen molar-refractivity contribution >= 4 is 11.6 Å². The van der Waals surface area contributed by atoms with Crippen molar-refractivity contribution < 1.29 is 4.79 Å². The van der Waals surface area contributed by atoms with Crippen molar-refractivity contribution in [3.63, 3.8) is 0 Å². The van der Waals surface area contributed by atoms with Crippen molar-refractivity contribution in [2.75, 3.05) is 26.0 Å². The summed E-state index contributed by atoms with van der Waals surface area (Å²) in [6, 6.07) is 19.0. The highest BCUT2D eigenvalue weighted by molar-refractivity contribution is 5.88. The van der Waals surface area contributed by atoms with Crippen LogP contribution in [0.25, 0.3) is 0 Å². The molecule has 0 radical (unpaired) electrons. The van der Waals surface area contributed by atoms with Crippen molar-refractivity contribution in [3.8, 4) is 0 Å². The SMILES string of the molecule is CC(=O)Nc1cccc(C(C)NCC(c2ccccc2)N(C)C)c1. The minimum Gasteiger partial charge on any atom is -0.326 e. The molecule has 0 bridgehead atoms. The molecule has 2 unspecified atom stereocenters. The summed E-state index contributed by atoms with van der Waals surface area (Å²) in [6.45, 7) is 4.52. The van der Waals surface area contributed by atoms with E-state index in [4.69, 9.17) is 0 Å². The molecule has 24 heavy (non-hydrogen) atoms. The fourth-order valence-corrected chi connectivity index (χ4v) is 2.77. The zero-order valence-corrected chi connectivity index (χ0v) is 14.9. The smallest absolute Gasteiger partial charge is 0.221 e. The maximum absolute atomic E-state index is 11.2. The molecule has 2 rings (SSSR count). The molecule has 2 N–H and O–H groups in total. The second-order valence-electron chi connectivity index (χ2n) is 6.33. The number of benzene rings is 2. The number of rotatable bonds is 7. The van der Waals surface area contributed by atoms with Crippen LogP contribution in [-0.2, 0) is 4.79 Å². The first kappa shape index (κ1) is 18.2. The minimum absolute atomic E-state index is 0.0514. The van der Waals surface area contributed by atoms with Crippen molar-refractivity contribution in [1.82, 2.24) is 10.2 Å². The molecule has 128 valence electrons. The number of amides is 1. The lowest BCUT2D eigenvalue weighted by Crippen LogP contribution is -2.32. The van der Waals surface area contributed by atoms with Crippen LogP contribution in [0.5, 0.6) is 0 Å². The van der Waals surface area contributed by atoms with Crippen LogP contribution >= 0.6 is 0 Å². The lowest BCUT2D eigenvalue weighted by molar-refractivity contribution is -0.114. The summed E-state index contributed by atoms with van der Waals surface area (Å²) in [5, 5.41) is 6.44.